The summed E-state index contributed by atoms with van der Waals surface area (Å²) in [6.07, 6.45) is -8.80. The summed E-state index contributed by atoms with van der Waals surface area (Å²) >= 11 is 0. The molecule has 25 heavy (non-hydrogen) atoms. The van der Waals surface area contributed by atoms with Crippen LogP contribution in [0.3, 0.4) is 0 Å². The summed E-state index contributed by atoms with van der Waals surface area (Å²) < 4.78 is 84.2. The Kier molecular flexibility index (Phi) is 4.10. The largest absolute Gasteiger partial charge is 0.464 e. The van der Waals surface area contributed by atoms with E-state index >= 15 is 0 Å². The molecule has 0 fully saturated rings. The molecule has 2 aromatic carbocycles. The van der Waals surface area contributed by atoms with E-state index in [9.17, 15) is 26.3 Å². The van der Waals surface area contributed by atoms with Crippen molar-refractivity contribution in [2.75, 3.05) is 0 Å². The van der Waals surface area contributed by atoms with Crippen LogP contribution in [0, 0.1) is 0 Å². The maximum Gasteiger partial charge on any atom is 0.417 e. The molecule has 0 atom stereocenters. The second-order valence-corrected chi connectivity index (χ2v) is 5.28. The standard InChI is InChI=1S/C18H10F6O/c19-17(20,21)14-4-1-3-13(16(14)18(22,23)24)11-6-8-12(9-7-11)15-5-2-10-25-15/h1-10H. The monoisotopic (exact) mass is 356 g/mol. The molecule has 0 aliphatic rings. The van der Waals surface area contributed by atoms with Crippen molar-refractivity contribution in [1.82, 2.24) is 0 Å². The summed E-state index contributed by atoms with van der Waals surface area (Å²) in [7, 11) is 0. The molecular weight excluding hydrogens is 346 g/mol. The van der Waals surface area contributed by atoms with E-state index in [-0.39, 0.29) is 5.56 Å². The molecule has 0 aliphatic carbocycles. The van der Waals surface area contributed by atoms with E-state index < -0.39 is 29.0 Å². The summed E-state index contributed by atoms with van der Waals surface area (Å²) in [5.74, 6) is 0.506. The predicted octanol–water partition coefficient (Wildman–Crippen LogP) is 6.65. The highest BCUT2D eigenvalue weighted by Crippen LogP contribution is 2.45. The van der Waals surface area contributed by atoms with Crippen LogP contribution in [0.4, 0.5) is 26.3 Å². The molecule has 3 rings (SSSR count). The van der Waals surface area contributed by atoms with Crippen molar-refractivity contribution < 1.29 is 30.8 Å². The van der Waals surface area contributed by atoms with Crippen molar-refractivity contribution in [1.29, 1.82) is 0 Å². The first kappa shape index (κ1) is 17.1. The Morgan fingerprint density at radius 2 is 1.28 bits per heavy atom. The zero-order valence-corrected chi connectivity index (χ0v) is 12.4. The number of furan rings is 1. The van der Waals surface area contributed by atoms with Crippen molar-refractivity contribution >= 4 is 0 Å². The number of rotatable bonds is 2. The van der Waals surface area contributed by atoms with Gasteiger partial charge >= 0.3 is 12.4 Å². The zero-order chi connectivity index (χ0) is 18.2. The fourth-order valence-corrected chi connectivity index (χ4v) is 2.59. The van der Waals surface area contributed by atoms with E-state index in [1.165, 1.54) is 30.5 Å². The molecule has 1 nitrogen and oxygen atoms in total. The highest BCUT2D eigenvalue weighted by molar-refractivity contribution is 5.72. The van der Waals surface area contributed by atoms with Gasteiger partial charge < -0.3 is 4.42 Å². The van der Waals surface area contributed by atoms with Crippen LogP contribution in [0.1, 0.15) is 11.1 Å². The second kappa shape index (κ2) is 5.98. The summed E-state index contributed by atoms with van der Waals surface area (Å²) in [4.78, 5) is 0. The van der Waals surface area contributed by atoms with Gasteiger partial charge in [-0.1, -0.05) is 36.4 Å². The molecule has 7 heteroatoms. The second-order valence-electron chi connectivity index (χ2n) is 5.28. The van der Waals surface area contributed by atoms with Crippen LogP contribution in [0.2, 0.25) is 0 Å². The SMILES string of the molecule is FC(F)(F)c1cccc(-c2ccc(-c3ccco3)cc2)c1C(F)(F)F. The van der Waals surface area contributed by atoms with Crippen LogP contribution in [-0.2, 0) is 12.4 Å². The van der Waals surface area contributed by atoms with Crippen molar-refractivity contribution in [3.63, 3.8) is 0 Å². The number of hydrogen-bond donors (Lipinski definition) is 0. The Morgan fingerprint density at radius 1 is 0.640 bits per heavy atom. The third-order valence-corrected chi connectivity index (χ3v) is 3.65. The number of hydrogen-bond acceptors (Lipinski definition) is 1. The Balaban J connectivity index is 2.14. The van der Waals surface area contributed by atoms with E-state index in [1.807, 2.05) is 0 Å². The number of benzene rings is 2. The molecule has 0 saturated carbocycles. The van der Waals surface area contributed by atoms with E-state index in [0.29, 0.717) is 17.4 Å². The quantitative estimate of drug-likeness (QED) is 0.469. The van der Waals surface area contributed by atoms with E-state index in [2.05, 4.69) is 0 Å². The van der Waals surface area contributed by atoms with Crippen molar-refractivity contribution in [2.45, 2.75) is 12.4 Å². The lowest BCUT2D eigenvalue weighted by molar-refractivity contribution is -0.161. The first-order valence-electron chi connectivity index (χ1n) is 7.09. The van der Waals surface area contributed by atoms with Gasteiger partial charge in [-0.15, -0.1) is 0 Å². The van der Waals surface area contributed by atoms with Gasteiger partial charge in [0.2, 0.25) is 0 Å². The average molecular weight is 356 g/mol. The number of halogens is 6. The van der Waals surface area contributed by atoms with Crippen LogP contribution in [0.25, 0.3) is 22.5 Å². The van der Waals surface area contributed by atoms with Crippen LogP contribution >= 0.6 is 0 Å². The summed E-state index contributed by atoms with van der Waals surface area (Å²) in [5, 5.41) is 0. The molecule has 0 N–H and O–H groups in total. The van der Waals surface area contributed by atoms with Gasteiger partial charge in [-0.3, -0.25) is 0 Å². The maximum atomic E-state index is 13.3. The van der Waals surface area contributed by atoms with Crippen molar-refractivity contribution in [3.05, 3.63) is 72.0 Å². The van der Waals surface area contributed by atoms with E-state index in [1.54, 1.807) is 12.1 Å². The Morgan fingerprint density at radius 3 is 1.80 bits per heavy atom. The molecule has 1 heterocycles. The van der Waals surface area contributed by atoms with Crippen LogP contribution < -0.4 is 0 Å². The molecule has 0 radical (unpaired) electrons. The minimum Gasteiger partial charge on any atom is -0.464 e. The van der Waals surface area contributed by atoms with Gasteiger partial charge in [-0.05, 0) is 29.3 Å². The third kappa shape index (κ3) is 3.40. The summed E-state index contributed by atoms with van der Waals surface area (Å²) in [6, 6.07) is 11.4. The normalized spacial score (nSPS) is 12.4. The third-order valence-electron chi connectivity index (χ3n) is 3.65. The molecule has 0 unspecified atom stereocenters. The fraction of sp³-hybridized carbons (Fsp3) is 0.111. The molecule has 130 valence electrons. The van der Waals surface area contributed by atoms with Crippen molar-refractivity contribution in [3.8, 4) is 22.5 Å². The Labute approximate surface area is 138 Å². The van der Waals surface area contributed by atoms with Gasteiger partial charge in [0, 0.05) is 5.56 Å². The van der Waals surface area contributed by atoms with E-state index in [4.69, 9.17) is 4.42 Å². The smallest absolute Gasteiger partial charge is 0.417 e. The Bertz CT molecular complexity index is 858. The topological polar surface area (TPSA) is 13.1 Å². The minimum absolute atomic E-state index is 0.0359. The van der Waals surface area contributed by atoms with Gasteiger partial charge in [0.25, 0.3) is 0 Å². The first-order valence-corrected chi connectivity index (χ1v) is 7.09. The highest BCUT2D eigenvalue weighted by atomic mass is 19.4. The molecule has 1 aromatic heterocycles. The first-order chi connectivity index (χ1) is 11.7. The Hall–Kier alpha value is -2.70. The fourth-order valence-electron chi connectivity index (χ4n) is 2.59. The maximum absolute atomic E-state index is 13.3. The highest BCUT2D eigenvalue weighted by Gasteiger charge is 2.44. The van der Waals surface area contributed by atoms with E-state index in [0.717, 1.165) is 12.1 Å². The minimum atomic E-state index is -5.14. The predicted molar refractivity (Wildman–Crippen MR) is 79.6 cm³/mol. The molecule has 3 aromatic rings. The molecular formula is C18H10F6O. The average Bonchev–Trinajstić information content (AvgIpc) is 3.07. The lowest BCUT2D eigenvalue weighted by Crippen LogP contribution is -2.17. The molecule has 0 aliphatic heterocycles. The molecule has 0 spiro atoms. The van der Waals surface area contributed by atoms with Gasteiger partial charge in [-0.2, -0.15) is 26.3 Å². The summed E-state index contributed by atoms with van der Waals surface area (Å²) in [5.41, 5.74) is -3.27. The van der Waals surface area contributed by atoms with Gasteiger partial charge in [0.1, 0.15) is 5.76 Å². The van der Waals surface area contributed by atoms with Crippen LogP contribution in [0.15, 0.2) is 65.3 Å². The van der Waals surface area contributed by atoms with Gasteiger partial charge in [0.15, 0.2) is 0 Å². The molecule has 0 bridgehead atoms. The van der Waals surface area contributed by atoms with Gasteiger partial charge in [0.05, 0.1) is 17.4 Å². The lowest BCUT2D eigenvalue weighted by atomic mass is 9.94. The van der Waals surface area contributed by atoms with Crippen LogP contribution in [0.5, 0.6) is 0 Å². The molecule has 0 amide bonds. The van der Waals surface area contributed by atoms with Crippen LogP contribution in [-0.4, -0.2) is 0 Å². The van der Waals surface area contributed by atoms with Crippen molar-refractivity contribution in [2.24, 2.45) is 0 Å². The van der Waals surface area contributed by atoms with Gasteiger partial charge in [-0.25, -0.2) is 0 Å². The lowest BCUT2D eigenvalue weighted by Gasteiger charge is -2.19. The number of alkyl halides is 6. The molecule has 0 saturated heterocycles. The zero-order valence-electron chi connectivity index (χ0n) is 12.4. The summed E-state index contributed by atoms with van der Waals surface area (Å²) in [6.45, 7) is 0.